The molecule has 2 bridgehead atoms. The Morgan fingerprint density at radius 1 is 1.11 bits per heavy atom. The number of fused-ring (bicyclic) bond motifs is 2. The second-order valence-electron chi connectivity index (χ2n) is 11.2. The summed E-state index contributed by atoms with van der Waals surface area (Å²) in [4.78, 5) is 38.8. The highest BCUT2D eigenvalue weighted by molar-refractivity contribution is 7.17. The number of nitrogens with zero attached hydrogens (tertiary/aromatic N) is 3. The van der Waals surface area contributed by atoms with E-state index in [1.807, 2.05) is 17.9 Å². The van der Waals surface area contributed by atoms with Crippen LogP contribution in [-0.2, 0) is 0 Å². The van der Waals surface area contributed by atoms with Gasteiger partial charge < -0.3 is 20.6 Å². The Morgan fingerprint density at radius 2 is 1.80 bits per heavy atom. The summed E-state index contributed by atoms with van der Waals surface area (Å²) in [5.74, 6) is 0.349. The number of amides is 2. The van der Waals surface area contributed by atoms with Gasteiger partial charge in [-0.2, -0.15) is 0 Å². The molecule has 5 rings (SSSR count). The van der Waals surface area contributed by atoms with Crippen LogP contribution in [0.3, 0.4) is 0 Å². The zero-order valence-electron chi connectivity index (χ0n) is 20.9. The Morgan fingerprint density at radius 3 is 2.37 bits per heavy atom. The van der Waals surface area contributed by atoms with Crippen molar-refractivity contribution in [1.29, 1.82) is 0 Å². The van der Waals surface area contributed by atoms with Crippen LogP contribution in [-0.4, -0.2) is 61.6 Å². The molecule has 0 aromatic carbocycles. The Labute approximate surface area is 210 Å². The summed E-state index contributed by atoms with van der Waals surface area (Å²) in [6.45, 7) is 8.23. The van der Waals surface area contributed by atoms with Gasteiger partial charge in [0.25, 0.3) is 11.8 Å². The lowest BCUT2D eigenvalue weighted by Crippen LogP contribution is -2.40. The third-order valence-corrected chi connectivity index (χ3v) is 8.45. The molecule has 2 atom stereocenters. The molecule has 9 heteroatoms. The van der Waals surface area contributed by atoms with Crippen molar-refractivity contribution < 1.29 is 14.7 Å². The average molecular weight is 498 g/mol. The number of aromatic nitrogens is 2. The standard InChI is InChI=1S/C26H35N5O3S/c1-14-12-20(30-26(2,3)4)27-13-17(14)22-21(25(34)31-15-8-9-16(31)11-10-15)29-24(35-22)23(33)28-18-6-5-7-19(18)32/h12-13,15-16,18-19,32H,5-11H2,1-4H3,(H,27,30)(H,28,33)/t15?,16?,18-,19-/m1/s1. The summed E-state index contributed by atoms with van der Waals surface area (Å²) in [5, 5.41) is 16.7. The molecule has 2 aromatic rings. The monoisotopic (exact) mass is 497 g/mol. The van der Waals surface area contributed by atoms with Gasteiger partial charge in [-0.25, -0.2) is 9.97 Å². The molecular formula is C26H35N5O3S. The average Bonchev–Trinajstić information content (AvgIpc) is 3.57. The Bertz CT molecular complexity index is 1120. The van der Waals surface area contributed by atoms with Crippen molar-refractivity contribution >= 4 is 29.0 Å². The summed E-state index contributed by atoms with van der Waals surface area (Å²) in [5.41, 5.74) is 1.99. The number of nitrogens with one attached hydrogen (secondary N) is 2. The molecule has 2 aromatic heterocycles. The molecule has 2 amide bonds. The molecule has 3 fully saturated rings. The van der Waals surface area contributed by atoms with Crippen LogP contribution in [0.15, 0.2) is 12.3 Å². The molecule has 0 spiro atoms. The molecule has 188 valence electrons. The molecule has 1 aliphatic carbocycles. The van der Waals surface area contributed by atoms with E-state index in [-0.39, 0.29) is 40.5 Å². The first-order valence-electron chi connectivity index (χ1n) is 12.7. The first-order chi connectivity index (χ1) is 16.6. The minimum Gasteiger partial charge on any atom is -0.391 e. The van der Waals surface area contributed by atoms with E-state index in [4.69, 9.17) is 0 Å². The number of thiazole rings is 1. The Kier molecular flexibility index (Phi) is 6.34. The third kappa shape index (κ3) is 4.80. The van der Waals surface area contributed by atoms with Gasteiger partial charge in [-0.15, -0.1) is 11.3 Å². The van der Waals surface area contributed by atoms with Crippen LogP contribution in [0.2, 0.25) is 0 Å². The van der Waals surface area contributed by atoms with Crippen molar-refractivity contribution in [1.82, 2.24) is 20.2 Å². The zero-order chi connectivity index (χ0) is 24.9. The van der Waals surface area contributed by atoms with E-state index in [1.54, 1.807) is 6.20 Å². The number of carbonyl (C=O) groups is 2. The van der Waals surface area contributed by atoms with E-state index in [0.29, 0.717) is 17.0 Å². The van der Waals surface area contributed by atoms with Crippen molar-refractivity contribution in [2.24, 2.45) is 0 Å². The van der Waals surface area contributed by atoms with Crippen LogP contribution in [0.5, 0.6) is 0 Å². The fraction of sp³-hybridized carbons (Fsp3) is 0.615. The summed E-state index contributed by atoms with van der Waals surface area (Å²) >= 11 is 1.24. The van der Waals surface area contributed by atoms with E-state index in [1.165, 1.54) is 11.3 Å². The number of hydrogen-bond donors (Lipinski definition) is 3. The normalized spacial score (nSPS) is 25.8. The van der Waals surface area contributed by atoms with E-state index >= 15 is 0 Å². The highest BCUT2D eigenvalue weighted by Gasteiger charge is 2.44. The van der Waals surface area contributed by atoms with Crippen molar-refractivity contribution in [3.05, 3.63) is 28.5 Å². The highest BCUT2D eigenvalue weighted by atomic mass is 32.1. The summed E-state index contributed by atoms with van der Waals surface area (Å²) in [6, 6.07) is 2.24. The van der Waals surface area contributed by atoms with Gasteiger partial charge in [0, 0.05) is 29.4 Å². The second kappa shape index (κ2) is 9.17. The SMILES string of the molecule is Cc1cc(NC(C)(C)C)ncc1-c1sc(C(=O)N[C@@H]2CCC[C@H]2O)nc1C(=O)N1C2CCC1CC2. The Balaban J connectivity index is 1.50. The fourth-order valence-electron chi connectivity index (χ4n) is 5.70. The van der Waals surface area contributed by atoms with Gasteiger partial charge in [-0.05, 0) is 84.3 Å². The van der Waals surface area contributed by atoms with Crippen molar-refractivity contribution in [2.75, 3.05) is 5.32 Å². The minimum atomic E-state index is -0.533. The molecule has 3 aliphatic rings. The molecule has 1 saturated carbocycles. The lowest BCUT2D eigenvalue weighted by atomic mass is 10.0. The first-order valence-corrected chi connectivity index (χ1v) is 13.5. The van der Waals surface area contributed by atoms with E-state index in [9.17, 15) is 14.7 Å². The van der Waals surface area contributed by atoms with E-state index in [0.717, 1.165) is 55.5 Å². The minimum absolute atomic E-state index is 0.0857. The molecule has 4 heterocycles. The zero-order valence-corrected chi connectivity index (χ0v) is 21.7. The van der Waals surface area contributed by atoms with E-state index in [2.05, 4.69) is 41.4 Å². The van der Waals surface area contributed by atoms with Crippen LogP contribution < -0.4 is 10.6 Å². The van der Waals surface area contributed by atoms with Crippen molar-refractivity contribution in [3.8, 4) is 10.4 Å². The highest BCUT2D eigenvalue weighted by Crippen LogP contribution is 2.41. The number of hydrogen-bond acceptors (Lipinski definition) is 7. The van der Waals surface area contributed by atoms with Gasteiger partial charge >= 0.3 is 0 Å². The lowest BCUT2D eigenvalue weighted by Gasteiger charge is -2.22. The van der Waals surface area contributed by atoms with Crippen LogP contribution in [0.25, 0.3) is 10.4 Å². The number of carbonyl (C=O) groups excluding carboxylic acids is 2. The van der Waals surface area contributed by atoms with Crippen LogP contribution >= 0.6 is 11.3 Å². The molecule has 2 saturated heterocycles. The summed E-state index contributed by atoms with van der Waals surface area (Å²) in [7, 11) is 0. The molecular weight excluding hydrogens is 462 g/mol. The van der Waals surface area contributed by atoms with Crippen LogP contribution in [0.1, 0.15) is 91.6 Å². The fourth-order valence-corrected chi connectivity index (χ4v) is 6.73. The molecule has 3 N–H and O–H groups in total. The maximum Gasteiger partial charge on any atom is 0.280 e. The molecule has 2 aliphatic heterocycles. The van der Waals surface area contributed by atoms with Crippen LogP contribution in [0, 0.1) is 6.92 Å². The second-order valence-corrected chi connectivity index (χ2v) is 12.2. The predicted molar refractivity (Wildman–Crippen MR) is 137 cm³/mol. The largest absolute Gasteiger partial charge is 0.391 e. The molecule has 0 unspecified atom stereocenters. The number of rotatable bonds is 5. The van der Waals surface area contributed by atoms with Crippen LogP contribution in [0.4, 0.5) is 5.82 Å². The first kappa shape index (κ1) is 24.2. The van der Waals surface area contributed by atoms with Gasteiger partial charge in [-0.3, -0.25) is 9.59 Å². The molecule has 8 nitrogen and oxygen atoms in total. The maximum absolute atomic E-state index is 13.8. The number of aryl methyl sites for hydroxylation is 1. The Hall–Kier alpha value is -2.52. The van der Waals surface area contributed by atoms with Gasteiger partial charge in [0.2, 0.25) is 0 Å². The third-order valence-electron chi connectivity index (χ3n) is 7.37. The number of aliphatic hydroxyl groups excluding tert-OH is 1. The van der Waals surface area contributed by atoms with Gasteiger partial charge in [0.1, 0.15) is 11.5 Å². The van der Waals surface area contributed by atoms with Gasteiger partial charge in [0.05, 0.1) is 17.0 Å². The summed E-state index contributed by atoms with van der Waals surface area (Å²) < 4.78 is 0. The van der Waals surface area contributed by atoms with Gasteiger partial charge in [0.15, 0.2) is 5.01 Å². The summed E-state index contributed by atoms with van der Waals surface area (Å²) in [6.07, 6.45) is 7.72. The molecule has 35 heavy (non-hydrogen) atoms. The number of pyridine rings is 1. The number of anilines is 1. The smallest absolute Gasteiger partial charge is 0.280 e. The number of aliphatic hydroxyl groups is 1. The lowest BCUT2D eigenvalue weighted by molar-refractivity contribution is 0.0725. The van der Waals surface area contributed by atoms with Crippen molar-refractivity contribution in [2.45, 2.75) is 102 Å². The molecule has 0 radical (unpaired) electrons. The predicted octanol–water partition coefficient (Wildman–Crippen LogP) is 4.13. The topological polar surface area (TPSA) is 107 Å². The quantitative estimate of drug-likeness (QED) is 0.573. The van der Waals surface area contributed by atoms with E-state index < -0.39 is 6.10 Å². The maximum atomic E-state index is 13.8. The van der Waals surface area contributed by atoms with Crippen molar-refractivity contribution in [3.63, 3.8) is 0 Å². The van der Waals surface area contributed by atoms with Gasteiger partial charge in [-0.1, -0.05) is 0 Å².